The molecule has 0 aromatic rings. The topological polar surface area (TPSA) is 69.1 Å². The Hall–Kier alpha value is -0.220. The molecule has 0 saturated carbocycles. The van der Waals surface area contributed by atoms with Crippen LogP contribution in [0.4, 0.5) is 0 Å². The Kier molecular flexibility index (Phi) is 3.62. The minimum absolute atomic E-state index is 0.289. The molecule has 0 aliphatic carbocycles. The van der Waals surface area contributed by atoms with Gasteiger partial charge in [-0.05, 0) is 37.2 Å². The van der Waals surface area contributed by atoms with Crippen LogP contribution in [0.1, 0.15) is 26.2 Å². The Balaban J connectivity index is 2.50. The number of amides is 1. The summed E-state index contributed by atoms with van der Waals surface area (Å²) in [5.74, 6) is 2.50. The molecular weight excluding hydrogens is 184 g/mol. The van der Waals surface area contributed by atoms with Gasteiger partial charge in [-0.15, -0.1) is 0 Å². The highest BCUT2D eigenvalue weighted by atomic mass is 32.2. The lowest BCUT2D eigenvalue weighted by Crippen LogP contribution is -2.48. The summed E-state index contributed by atoms with van der Waals surface area (Å²) in [5.41, 5.74) is 10.8. The van der Waals surface area contributed by atoms with E-state index in [1.165, 1.54) is 0 Å². The molecule has 3 nitrogen and oxygen atoms in total. The van der Waals surface area contributed by atoms with Crippen molar-refractivity contribution in [1.29, 1.82) is 0 Å². The zero-order chi connectivity index (χ0) is 9.90. The summed E-state index contributed by atoms with van der Waals surface area (Å²) in [6, 6.07) is 0. The van der Waals surface area contributed by atoms with Crippen molar-refractivity contribution in [2.24, 2.45) is 17.4 Å². The van der Waals surface area contributed by atoms with Crippen LogP contribution in [0.25, 0.3) is 0 Å². The lowest BCUT2D eigenvalue weighted by atomic mass is 9.80. The predicted molar refractivity (Wildman–Crippen MR) is 56.5 cm³/mol. The average molecular weight is 202 g/mol. The molecule has 0 bridgehead atoms. The highest BCUT2D eigenvalue weighted by Crippen LogP contribution is 2.31. The number of carbonyl (C=O) groups is 1. The fraction of sp³-hybridized carbons (Fsp3) is 0.889. The first kappa shape index (κ1) is 10.9. The summed E-state index contributed by atoms with van der Waals surface area (Å²) >= 11 is 1.96. The molecule has 4 heteroatoms. The van der Waals surface area contributed by atoms with Crippen LogP contribution in [0.2, 0.25) is 0 Å². The Morgan fingerprint density at radius 3 is 2.54 bits per heavy atom. The van der Waals surface area contributed by atoms with Gasteiger partial charge >= 0.3 is 0 Å². The van der Waals surface area contributed by atoms with Gasteiger partial charge in [-0.3, -0.25) is 4.79 Å². The number of primary amides is 1. The van der Waals surface area contributed by atoms with Crippen molar-refractivity contribution in [2.45, 2.75) is 31.7 Å². The molecule has 1 amide bonds. The van der Waals surface area contributed by atoms with Gasteiger partial charge in [-0.25, -0.2) is 0 Å². The molecule has 1 saturated heterocycles. The van der Waals surface area contributed by atoms with Gasteiger partial charge in [0.15, 0.2) is 0 Å². The summed E-state index contributed by atoms with van der Waals surface area (Å²) in [7, 11) is 0. The molecule has 1 aliphatic rings. The number of rotatable bonds is 3. The van der Waals surface area contributed by atoms with Gasteiger partial charge in [-0.2, -0.15) is 11.8 Å². The van der Waals surface area contributed by atoms with E-state index < -0.39 is 5.54 Å². The first-order chi connectivity index (χ1) is 6.02. The Labute approximate surface area is 83.6 Å². The Morgan fingerprint density at radius 2 is 2.08 bits per heavy atom. The van der Waals surface area contributed by atoms with Gasteiger partial charge in [0.2, 0.25) is 5.91 Å². The zero-order valence-electron chi connectivity index (χ0n) is 8.08. The van der Waals surface area contributed by atoms with Crippen molar-refractivity contribution in [3.8, 4) is 0 Å². The maximum atomic E-state index is 10.8. The maximum absolute atomic E-state index is 10.8. The summed E-state index contributed by atoms with van der Waals surface area (Å²) in [6.07, 6.45) is 2.54. The van der Waals surface area contributed by atoms with Crippen LogP contribution in [-0.4, -0.2) is 23.0 Å². The largest absolute Gasteiger partial charge is 0.370 e. The van der Waals surface area contributed by atoms with Gasteiger partial charge < -0.3 is 11.5 Å². The van der Waals surface area contributed by atoms with E-state index >= 15 is 0 Å². The third kappa shape index (κ3) is 3.19. The van der Waals surface area contributed by atoms with Crippen LogP contribution in [0.15, 0.2) is 0 Å². The van der Waals surface area contributed by atoms with Gasteiger partial charge in [0.1, 0.15) is 0 Å². The summed E-state index contributed by atoms with van der Waals surface area (Å²) in [4.78, 5) is 10.8. The van der Waals surface area contributed by atoms with E-state index in [4.69, 9.17) is 11.5 Å². The molecule has 76 valence electrons. The molecule has 1 aliphatic heterocycles. The van der Waals surface area contributed by atoms with E-state index in [0.29, 0.717) is 12.3 Å². The van der Waals surface area contributed by atoms with Crippen LogP contribution in [0.3, 0.4) is 0 Å². The molecule has 13 heavy (non-hydrogen) atoms. The second kappa shape index (κ2) is 4.33. The molecule has 1 heterocycles. The normalized spacial score (nSPS) is 23.8. The maximum Gasteiger partial charge on any atom is 0.219 e. The molecule has 4 N–H and O–H groups in total. The lowest BCUT2D eigenvalue weighted by molar-refractivity contribution is -0.119. The fourth-order valence-electron chi connectivity index (χ4n) is 1.88. The lowest BCUT2D eigenvalue weighted by Gasteiger charge is -2.35. The summed E-state index contributed by atoms with van der Waals surface area (Å²) < 4.78 is 0. The smallest absolute Gasteiger partial charge is 0.219 e. The fourth-order valence-corrected chi connectivity index (χ4v) is 2.98. The molecule has 1 fully saturated rings. The van der Waals surface area contributed by atoms with E-state index in [0.717, 1.165) is 24.3 Å². The number of hydrogen-bond donors (Lipinski definition) is 2. The number of hydrogen-bond acceptors (Lipinski definition) is 3. The van der Waals surface area contributed by atoms with E-state index in [-0.39, 0.29) is 5.91 Å². The summed E-state index contributed by atoms with van der Waals surface area (Å²) in [6.45, 7) is 1.94. The number of nitrogens with two attached hydrogens (primary N) is 2. The van der Waals surface area contributed by atoms with Crippen molar-refractivity contribution in [2.75, 3.05) is 11.5 Å². The van der Waals surface area contributed by atoms with Crippen molar-refractivity contribution in [3.05, 3.63) is 0 Å². The van der Waals surface area contributed by atoms with Gasteiger partial charge in [0, 0.05) is 12.0 Å². The van der Waals surface area contributed by atoms with Crippen molar-refractivity contribution in [1.82, 2.24) is 0 Å². The van der Waals surface area contributed by atoms with E-state index in [1.54, 1.807) is 0 Å². The van der Waals surface area contributed by atoms with Crippen molar-refractivity contribution < 1.29 is 4.79 Å². The zero-order valence-corrected chi connectivity index (χ0v) is 8.90. The van der Waals surface area contributed by atoms with E-state index in [1.807, 2.05) is 18.7 Å². The minimum atomic E-state index is -0.396. The standard InChI is InChI=1S/C9H18N2OS/c1-9(11,6-8(10)12)7-2-4-13-5-3-7/h7H,2-6,11H2,1H3,(H2,10,12). The molecular formula is C9H18N2OS. The van der Waals surface area contributed by atoms with Crippen LogP contribution < -0.4 is 11.5 Å². The molecule has 0 spiro atoms. The summed E-state index contributed by atoms with van der Waals surface area (Å²) in [5, 5.41) is 0. The quantitative estimate of drug-likeness (QED) is 0.708. The molecule has 1 atom stereocenters. The van der Waals surface area contributed by atoms with Crippen molar-refractivity contribution in [3.63, 3.8) is 0 Å². The van der Waals surface area contributed by atoms with Crippen molar-refractivity contribution >= 4 is 17.7 Å². The Bertz CT molecular complexity index is 188. The third-order valence-electron chi connectivity index (χ3n) is 2.71. The number of carbonyl (C=O) groups excluding carboxylic acids is 1. The monoisotopic (exact) mass is 202 g/mol. The average Bonchev–Trinajstić information content (AvgIpc) is 2.04. The molecule has 0 radical (unpaired) electrons. The van der Waals surface area contributed by atoms with E-state index in [2.05, 4.69) is 0 Å². The highest BCUT2D eigenvalue weighted by Gasteiger charge is 2.32. The van der Waals surface area contributed by atoms with Gasteiger partial charge in [0.25, 0.3) is 0 Å². The molecule has 1 rings (SSSR count). The van der Waals surface area contributed by atoms with Crippen LogP contribution in [0.5, 0.6) is 0 Å². The van der Waals surface area contributed by atoms with Crippen LogP contribution in [0, 0.1) is 5.92 Å². The third-order valence-corrected chi connectivity index (χ3v) is 3.76. The van der Waals surface area contributed by atoms with E-state index in [9.17, 15) is 4.79 Å². The first-order valence-corrected chi connectivity index (χ1v) is 5.83. The Morgan fingerprint density at radius 1 is 1.54 bits per heavy atom. The first-order valence-electron chi connectivity index (χ1n) is 4.67. The van der Waals surface area contributed by atoms with Gasteiger partial charge in [0.05, 0.1) is 0 Å². The van der Waals surface area contributed by atoms with Gasteiger partial charge in [-0.1, -0.05) is 0 Å². The second-order valence-corrected chi connectivity index (χ2v) is 5.26. The SMILES string of the molecule is CC(N)(CC(N)=O)C1CCSCC1. The molecule has 0 aromatic carbocycles. The molecule has 0 aromatic heterocycles. The van der Waals surface area contributed by atoms with Crippen LogP contribution >= 0.6 is 11.8 Å². The minimum Gasteiger partial charge on any atom is -0.370 e. The van der Waals surface area contributed by atoms with Crippen LogP contribution in [-0.2, 0) is 4.79 Å². The predicted octanol–water partition coefficient (Wildman–Crippen LogP) is 0.722. The second-order valence-electron chi connectivity index (χ2n) is 4.04. The molecule has 1 unspecified atom stereocenters. The number of thioether (sulfide) groups is 1. The highest BCUT2D eigenvalue weighted by molar-refractivity contribution is 7.99.